The molecular formula is C76H59B2N. The predicted octanol–water partition coefficient (Wildman–Crippen LogP) is 15.0. The number of hydrogen-bond acceptors (Lipinski definition) is 0. The van der Waals surface area contributed by atoms with Gasteiger partial charge in [-0.1, -0.05) is 254 Å². The highest BCUT2D eigenvalue weighted by Crippen LogP contribution is 2.45. The molecule has 0 saturated carbocycles. The second kappa shape index (κ2) is 16.4. The lowest BCUT2D eigenvalue weighted by atomic mass is 9.29. The lowest BCUT2D eigenvalue weighted by molar-refractivity contribution is 0.591. The van der Waals surface area contributed by atoms with E-state index in [0.717, 1.165) is 0 Å². The number of rotatable bonds is 5. The van der Waals surface area contributed by atoms with E-state index in [1.807, 2.05) is 0 Å². The quantitative estimate of drug-likeness (QED) is 0.151. The average Bonchev–Trinajstić information content (AvgIpc) is 4.05. The van der Waals surface area contributed by atoms with E-state index >= 15 is 0 Å². The van der Waals surface area contributed by atoms with E-state index in [-0.39, 0.29) is 29.7 Å². The van der Waals surface area contributed by atoms with E-state index in [1.165, 1.54) is 155 Å². The molecule has 1 nitrogen and oxygen atoms in total. The maximum Gasteiger partial charge on any atom is 0.248 e. The molecule has 0 amide bonds. The summed E-state index contributed by atoms with van der Waals surface area (Å²) < 4.78 is 2.78. The van der Waals surface area contributed by atoms with Gasteiger partial charge in [0.15, 0.2) is 0 Å². The minimum absolute atomic E-state index is 0.116. The number of hydrogen-bond donors (Lipinski definition) is 0. The summed E-state index contributed by atoms with van der Waals surface area (Å²) in [7, 11) is 0. The third-order valence-electron chi connectivity index (χ3n) is 19.1. The predicted molar refractivity (Wildman–Crippen MR) is 339 cm³/mol. The van der Waals surface area contributed by atoms with E-state index in [9.17, 15) is 0 Å². The fourth-order valence-electron chi connectivity index (χ4n) is 14.7. The lowest BCUT2D eigenvalue weighted by Crippen LogP contribution is -2.64. The first kappa shape index (κ1) is 46.4. The van der Waals surface area contributed by atoms with Gasteiger partial charge in [-0.25, -0.2) is 0 Å². The van der Waals surface area contributed by atoms with Crippen LogP contribution in [0, 0.1) is 0 Å². The third kappa shape index (κ3) is 6.66. The van der Waals surface area contributed by atoms with Crippen molar-refractivity contribution < 1.29 is 0 Å². The van der Waals surface area contributed by atoms with Crippen LogP contribution in [0.2, 0.25) is 0 Å². The van der Waals surface area contributed by atoms with Gasteiger partial charge in [0.1, 0.15) is 0 Å². The highest BCUT2D eigenvalue weighted by atomic mass is 15.0. The second-order valence-corrected chi connectivity index (χ2v) is 25.2. The van der Waals surface area contributed by atoms with Gasteiger partial charge in [-0.05, 0) is 158 Å². The summed E-state index contributed by atoms with van der Waals surface area (Å²) in [6.07, 6.45) is 0. The van der Waals surface area contributed by atoms with Crippen molar-refractivity contribution in [2.24, 2.45) is 0 Å². The minimum atomic E-state index is -0.354. The normalized spacial score (nSPS) is 14.7. The number of fused-ring (bicyclic) bond motifs is 5. The first-order valence-corrected chi connectivity index (χ1v) is 28.5. The molecule has 0 radical (unpaired) electrons. The zero-order chi connectivity index (χ0) is 53.3. The molecule has 374 valence electrons. The molecule has 0 N–H and O–H groups in total. The van der Waals surface area contributed by atoms with Gasteiger partial charge < -0.3 is 4.57 Å². The number of benzene rings is 11. The SMILES string of the molecule is CC(C)(C)c1cc2c3c(c1)c1cc4cc5c1n3-c1c(cc3cc1B5c1c(cc(-c5ccccc5)cc1-c1ccc(cc1)C4(C)C)-c1ccc(cc1)C3(C)C)B2c1c(-c2ccccc2)cc(-c2ccccc2)cc1-c1ccccc1. The fourth-order valence-corrected chi connectivity index (χ4v) is 14.7. The summed E-state index contributed by atoms with van der Waals surface area (Å²) in [5.74, 6) is 0. The Bertz CT molecular complexity index is 4440. The van der Waals surface area contributed by atoms with E-state index in [0.29, 0.717) is 0 Å². The van der Waals surface area contributed by atoms with Crippen molar-refractivity contribution in [3.8, 4) is 72.4 Å². The minimum Gasteiger partial charge on any atom is -0.311 e. The zero-order valence-corrected chi connectivity index (χ0v) is 46.0. The van der Waals surface area contributed by atoms with Crippen molar-refractivity contribution in [3.05, 3.63) is 258 Å². The Hall–Kier alpha value is -8.65. The van der Waals surface area contributed by atoms with Gasteiger partial charge in [-0.3, -0.25) is 0 Å². The van der Waals surface area contributed by atoms with Gasteiger partial charge in [0.2, 0.25) is 13.4 Å². The Balaban J connectivity index is 1.15. The fraction of sp³-hybridized carbons (Fsp3) is 0.132. The largest absolute Gasteiger partial charge is 0.311 e. The van der Waals surface area contributed by atoms with Crippen LogP contribution < -0.4 is 32.8 Å². The molecule has 0 aliphatic carbocycles. The molecule has 1 aromatic heterocycles. The van der Waals surface area contributed by atoms with Crippen molar-refractivity contribution in [2.75, 3.05) is 0 Å². The van der Waals surface area contributed by atoms with Crippen LogP contribution in [0.5, 0.6) is 0 Å². The second-order valence-electron chi connectivity index (χ2n) is 25.2. The van der Waals surface area contributed by atoms with Crippen molar-refractivity contribution in [3.63, 3.8) is 0 Å². The molecule has 18 rings (SSSR count). The summed E-state index contributed by atoms with van der Waals surface area (Å²) in [5.41, 5.74) is 33.0. The van der Waals surface area contributed by atoms with Crippen LogP contribution in [-0.2, 0) is 16.2 Å². The van der Waals surface area contributed by atoms with Gasteiger partial charge in [0.05, 0.1) is 0 Å². The molecule has 0 unspecified atom stereocenters. The molecule has 3 heteroatoms. The molecule has 0 saturated heterocycles. The van der Waals surface area contributed by atoms with Gasteiger partial charge >= 0.3 is 0 Å². The Kier molecular flexibility index (Phi) is 9.67. The van der Waals surface area contributed by atoms with Gasteiger partial charge in [0, 0.05) is 38.3 Å². The summed E-state index contributed by atoms with van der Waals surface area (Å²) >= 11 is 0. The first-order valence-electron chi connectivity index (χ1n) is 28.5. The Labute approximate surface area is 465 Å². The topological polar surface area (TPSA) is 4.93 Å². The van der Waals surface area contributed by atoms with E-state index < -0.39 is 0 Å². The Morgan fingerprint density at radius 1 is 0.316 bits per heavy atom. The van der Waals surface area contributed by atoms with E-state index in [1.54, 1.807) is 0 Å². The maximum atomic E-state index is 2.78. The lowest BCUT2D eigenvalue weighted by Gasteiger charge is -2.39. The average molecular weight is 1010 g/mol. The first-order chi connectivity index (χ1) is 38.3. The summed E-state index contributed by atoms with van der Waals surface area (Å²) in [5, 5.41) is 2.68. The standard InChI is InChI=1S/C76H59B2N/c1-74(2,3)56-40-63-64-41-57-43-66-72(64)79-71(63)65(42-56)77(69-59(48-24-16-10-17-25-48)36-52(46-20-12-8-13-21-46)37-60(69)49-26-18-11-19-27-49)67-44-58-45-68(73(67)79)78(66)70-61(50-28-32-54(33-29-50)75(57,4)5)38-53(47-22-14-9-15-23-47)39-62(70)51-30-34-55(35-31-51)76(58,6)7/h8-45H,1-7H3. The maximum absolute atomic E-state index is 2.78. The molecular weight excluding hydrogens is 948 g/mol. The van der Waals surface area contributed by atoms with Gasteiger partial charge in [-0.15, -0.1) is 0 Å². The van der Waals surface area contributed by atoms with Crippen molar-refractivity contribution in [1.29, 1.82) is 0 Å². The van der Waals surface area contributed by atoms with Crippen molar-refractivity contribution in [1.82, 2.24) is 4.57 Å². The number of aromatic nitrogens is 1. The molecule has 0 fully saturated rings. The molecule has 6 aliphatic heterocycles. The molecule has 11 aromatic carbocycles. The van der Waals surface area contributed by atoms with Crippen molar-refractivity contribution in [2.45, 2.75) is 64.7 Å². The van der Waals surface area contributed by atoms with E-state index in [4.69, 9.17) is 0 Å². The molecule has 0 atom stereocenters. The van der Waals surface area contributed by atoms with Crippen LogP contribution in [0.25, 0.3) is 94.3 Å². The molecule has 79 heavy (non-hydrogen) atoms. The molecule has 8 bridgehead atoms. The summed E-state index contributed by atoms with van der Waals surface area (Å²) in [6.45, 7) is 16.8. The highest BCUT2D eigenvalue weighted by molar-refractivity contribution is 7.03. The Morgan fingerprint density at radius 3 is 1.06 bits per heavy atom. The van der Waals surface area contributed by atoms with Crippen LogP contribution in [0.1, 0.15) is 76.3 Å². The molecule has 12 aromatic rings. The third-order valence-corrected chi connectivity index (χ3v) is 19.1. The smallest absolute Gasteiger partial charge is 0.248 e. The molecule has 7 heterocycles. The zero-order valence-electron chi connectivity index (χ0n) is 46.0. The van der Waals surface area contributed by atoms with E-state index in [2.05, 4.69) is 284 Å². The van der Waals surface area contributed by atoms with Crippen LogP contribution in [0.15, 0.2) is 231 Å². The monoisotopic (exact) mass is 1010 g/mol. The number of nitrogens with zero attached hydrogens (tertiary/aromatic N) is 1. The van der Waals surface area contributed by atoms with Crippen LogP contribution in [-0.4, -0.2) is 18.0 Å². The van der Waals surface area contributed by atoms with Gasteiger partial charge in [0.25, 0.3) is 0 Å². The van der Waals surface area contributed by atoms with Gasteiger partial charge in [-0.2, -0.15) is 0 Å². The Morgan fingerprint density at radius 2 is 0.658 bits per heavy atom. The van der Waals surface area contributed by atoms with Crippen LogP contribution >= 0.6 is 0 Å². The highest BCUT2D eigenvalue weighted by Gasteiger charge is 2.47. The molecule has 6 aliphatic rings. The summed E-state index contributed by atoms with van der Waals surface area (Å²) in [6, 6.07) is 89.8. The van der Waals surface area contributed by atoms with Crippen molar-refractivity contribution >= 4 is 68.0 Å². The van der Waals surface area contributed by atoms with Crippen LogP contribution in [0.4, 0.5) is 0 Å². The summed E-state index contributed by atoms with van der Waals surface area (Å²) in [4.78, 5) is 0. The van der Waals surface area contributed by atoms with Crippen LogP contribution in [0.3, 0.4) is 0 Å². The molecule has 0 spiro atoms.